The van der Waals surface area contributed by atoms with Crippen LogP contribution in [-0.2, 0) is 10.0 Å². The normalized spacial score (nSPS) is 11.2. The van der Waals surface area contributed by atoms with E-state index in [1.165, 1.54) is 19.2 Å². The summed E-state index contributed by atoms with van der Waals surface area (Å²) in [5.74, 6) is 0.349. The van der Waals surface area contributed by atoms with Crippen LogP contribution in [-0.4, -0.2) is 15.5 Å². The second-order valence-corrected chi connectivity index (χ2v) is 3.66. The van der Waals surface area contributed by atoms with Crippen molar-refractivity contribution >= 4 is 10.0 Å². The lowest BCUT2D eigenvalue weighted by molar-refractivity contribution is 0.412. The summed E-state index contributed by atoms with van der Waals surface area (Å²) in [6.07, 6.45) is 0. The fraction of sp³-hybridized carbons (Fsp3) is 0.143. The highest BCUT2D eigenvalue weighted by Crippen LogP contribution is 2.13. The summed E-state index contributed by atoms with van der Waals surface area (Å²) < 4.78 is 26.4. The summed E-state index contributed by atoms with van der Waals surface area (Å²) in [5, 5.41) is 4.87. The Bertz CT molecular complexity index is 372. The van der Waals surface area contributed by atoms with E-state index in [1.54, 1.807) is 6.07 Å². The molecule has 1 aromatic rings. The van der Waals surface area contributed by atoms with Crippen LogP contribution in [0.5, 0.6) is 5.75 Å². The molecular weight excluding hydrogens is 178 g/mol. The second kappa shape index (κ2) is 3.12. The zero-order valence-electron chi connectivity index (χ0n) is 6.44. The van der Waals surface area contributed by atoms with Crippen molar-refractivity contribution < 1.29 is 13.2 Å². The van der Waals surface area contributed by atoms with Crippen LogP contribution in [0.3, 0.4) is 0 Å². The van der Waals surface area contributed by atoms with Gasteiger partial charge in [0.15, 0.2) is 0 Å². The van der Waals surface area contributed by atoms with E-state index < -0.39 is 10.0 Å². The monoisotopic (exact) mass is 186 g/mol. The lowest BCUT2D eigenvalue weighted by Crippen LogP contribution is -2.12. The molecule has 0 atom stereocenters. The molecule has 0 fully saturated rings. The molecule has 0 aliphatic heterocycles. The van der Waals surface area contributed by atoms with Crippen LogP contribution < -0.4 is 9.88 Å². The molecule has 5 heteroatoms. The van der Waals surface area contributed by atoms with Crippen molar-refractivity contribution in [3.63, 3.8) is 0 Å². The summed E-state index contributed by atoms with van der Waals surface area (Å²) >= 11 is 0. The molecule has 1 rings (SSSR count). The summed E-state index contributed by atoms with van der Waals surface area (Å²) in [6.45, 7) is 0. The first kappa shape index (κ1) is 9.02. The molecule has 0 aliphatic rings. The van der Waals surface area contributed by atoms with E-state index >= 15 is 0 Å². The van der Waals surface area contributed by atoms with Crippen LogP contribution in [0, 0.1) is 6.07 Å². The van der Waals surface area contributed by atoms with E-state index in [4.69, 9.17) is 9.88 Å². The van der Waals surface area contributed by atoms with Gasteiger partial charge >= 0.3 is 0 Å². The van der Waals surface area contributed by atoms with Crippen molar-refractivity contribution in [3.05, 3.63) is 24.3 Å². The highest BCUT2D eigenvalue weighted by Gasteiger charge is 2.07. The molecule has 0 saturated carbocycles. The third kappa shape index (κ3) is 1.96. The zero-order valence-corrected chi connectivity index (χ0v) is 7.26. The van der Waals surface area contributed by atoms with Gasteiger partial charge in [-0.15, -0.1) is 0 Å². The van der Waals surface area contributed by atoms with E-state index in [0.717, 1.165) is 0 Å². The fourth-order valence-corrected chi connectivity index (χ4v) is 1.22. The van der Waals surface area contributed by atoms with Gasteiger partial charge in [-0.05, 0) is 12.1 Å². The minimum Gasteiger partial charge on any atom is -0.496 e. The number of nitrogens with two attached hydrogens (primary N) is 1. The summed E-state index contributed by atoms with van der Waals surface area (Å²) in [5.41, 5.74) is 0. The van der Waals surface area contributed by atoms with Crippen molar-refractivity contribution in [2.24, 2.45) is 5.14 Å². The molecule has 0 saturated heterocycles. The first-order valence-corrected chi connectivity index (χ1v) is 4.68. The maximum atomic E-state index is 10.8. The maximum absolute atomic E-state index is 10.8. The molecule has 0 bridgehead atoms. The lowest BCUT2D eigenvalue weighted by Gasteiger charge is -2.00. The standard InChI is InChI=1S/C7H8NO3S/c1-11-6-3-2-4-7(5-6)12(8,9)10/h2-4H,1H3,(H2,8,9,10). The Morgan fingerprint density at radius 1 is 1.50 bits per heavy atom. The maximum Gasteiger partial charge on any atom is 0.238 e. The second-order valence-electron chi connectivity index (χ2n) is 2.13. The van der Waals surface area contributed by atoms with Gasteiger partial charge in [-0.1, -0.05) is 6.07 Å². The predicted octanol–water partition coefficient (Wildman–Crippen LogP) is 0.143. The molecule has 0 unspecified atom stereocenters. The number of benzene rings is 1. The van der Waals surface area contributed by atoms with Crippen LogP contribution in [0.1, 0.15) is 0 Å². The molecule has 0 aliphatic carbocycles. The first-order chi connectivity index (χ1) is 5.54. The lowest BCUT2D eigenvalue weighted by atomic mass is 10.3. The molecule has 4 nitrogen and oxygen atoms in total. The number of hydrogen-bond acceptors (Lipinski definition) is 3. The Labute approximate surface area is 71.0 Å². The van der Waals surface area contributed by atoms with Crippen molar-refractivity contribution in [2.45, 2.75) is 4.90 Å². The molecule has 1 aromatic carbocycles. The molecule has 0 amide bonds. The summed E-state index contributed by atoms with van der Waals surface area (Å²) in [6, 6.07) is 6.99. The Morgan fingerprint density at radius 2 is 2.17 bits per heavy atom. The minimum atomic E-state index is -3.67. The number of hydrogen-bond donors (Lipinski definition) is 1. The van der Waals surface area contributed by atoms with Crippen LogP contribution in [0.25, 0.3) is 0 Å². The molecule has 12 heavy (non-hydrogen) atoms. The average molecular weight is 186 g/mol. The van der Waals surface area contributed by atoms with Gasteiger partial charge in [-0.3, -0.25) is 0 Å². The van der Waals surface area contributed by atoms with E-state index in [9.17, 15) is 8.42 Å². The first-order valence-electron chi connectivity index (χ1n) is 3.13. The van der Waals surface area contributed by atoms with Gasteiger partial charge in [0.1, 0.15) is 5.75 Å². The third-order valence-electron chi connectivity index (χ3n) is 1.27. The van der Waals surface area contributed by atoms with Crippen molar-refractivity contribution in [2.75, 3.05) is 7.11 Å². The van der Waals surface area contributed by atoms with Crippen molar-refractivity contribution in [1.82, 2.24) is 0 Å². The molecule has 0 aromatic heterocycles. The van der Waals surface area contributed by atoms with Gasteiger partial charge in [-0.2, -0.15) is 0 Å². The Hall–Kier alpha value is -1.07. The predicted molar refractivity (Wildman–Crippen MR) is 43.2 cm³/mol. The Kier molecular flexibility index (Phi) is 2.35. The topological polar surface area (TPSA) is 69.4 Å². The molecule has 65 valence electrons. The molecule has 1 radical (unpaired) electrons. The highest BCUT2D eigenvalue weighted by atomic mass is 32.2. The summed E-state index contributed by atoms with van der Waals surface area (Å²) in [4.78, 5) is -0.0677. The van der Waals surface area contributed by atoms with Gasteiger partial charge in [0.2, 0.25) is 10.0 Å². The Morgan fingerprint density at radius 3 is 2.67 bits per heavy atom. The molecule has 0 spiro atoms. The number of rotatable bonds is 2. The largest absolute Gasteiger partial charge is 0.496 e. The fourth-order valence-electron chi connectivity index (χ4n) is 0.713. The van der Waals surface area contributed by atoms with Crippen LogP contribution >= 0.6 is 0 Å². The van der Waals surface area contributed by atoms with Gasteiger partial charge in [0.05, 0.1) is 12.0 Å². The molecule has 2 N–H and O–H groups in total. The van der Waals surface area contributed by atoms with Gasteiger partial charge in [-0.25, -0.2) is 13.6 Å². The van der Waals surface area contributed by atoms with Crippen molar-refractivity contribution in [1.29, 1.82) is 0 Å². The van der Waals surface area contributed by atoms with Crippen LogP contribution in [0.15, 0.2) is 23.1 Å². The number of methoxy groups -OCH3 is 1. The van der Waals surface area contributed by atoms with Gasteiger partial charge in [0.25, 0.3) is 0 Å². The van der Waals surface area contributed by atoms with Crippen molar-refractivity contribution in [3.8, 4) is 5.75 Å². The average Bonchev–Trinajstić information content (AvgIpc) is 2.03. The van der Waals surface area contributed by atoms with E-state index in [1.807, 2.05) is 0 Å². The zero-order chi connectivity index (χ0) is 9.19. The number of primary sulfonamides is 1. The van der Waals surface area contributed by atoms with Crippen LogP contribution in [0.4, 0.5) is 0 Å². The van der Waals surface area contributed by atoms with E-state index in [2.05, 4.69) is 6.07 Å². The Balaban J connectivity index is 3.20. The smallest absolute Gasteiger partial charge is 0.238 e. The van der Waals surface area contributed by atoms with Crippen LogP contribution in [0.2, 0.25) is 0 Å². The number of ether oxygens (including phenoxy) is 1. The number of sulfonamides is 1. The molecular formula is C7H8NO3S. The summed E-state index contributed by atoms with van der Waals surface area (Å²) in [7, 11) is -2.24. The quantitative estimate of drug-likeness (QED) is 0.714. The third-order valence-corrected chi connectivity index (χ3v) is 2.12. The minimum absolute atomic E-state index is 0.0677. The van der Waals surface area contributed by atoms with Gasteiger partial charge < -0.3 is 4.74 Å². The highest BCUT2D eigenvalue weighted by molar-refractivity contribution is 7.89. The molecule has 0 heterocycles. The SMILES string of the molecule is COc1[c]c(S(N)(=O)=O)ccc1. The van der Waals surface area contributed by atoms with Gasteiger partial charge in [0, 0.05) is 6.07 Å². The van der Waals surface area contributed by atoms with E-state index in [0.29, 0.717) is 5.75 Å². The van der Waals surface area contributed by atoms with E-state index in [-0.39, 0.29) is 4.90 Å².